The van der Waals surface area contributed by atoms with Crippen molar-refractivity contribution in [3.05, 3.63) is 29.1 Å². The van der Waals surface area contributed by atoms with Gasteiger partial charge in [-0.1, -0.05) is 0 Å². The maximum absolute atomic E-state index is 12.0. The number of amides is 1. The molecule has 0 spiro atoms. The van der Waals surface area contributed by atoms with Crippen LogP contribution in [0.2, 0.25) is 0 Å². The van der Waals surface area contributed by atoms with Crippen LogP contribution in [0.3, 0.4) is 0 Å². The molecule has 2 aromatic rings. The topological polar surface area (TPSA) is 41.1 Å². The summed E-state index contributed by atoms with van der Waals surface area (Å²) in [7, 11) is 0. The van der Waals surface area contributed by atoms with Gasteiger partial charge in [0.05, 0.1) is 0 Å². The molecule has 0 radical (unpaired) electrons. The number of carbonyl (C=O) groups is 1. The molecular formula is C13H15N2OSTl. The first-order chi connectivity index (χ1) is 8.72. The SMILES string of the molecule is CCNCCNC(=O)c1cc2[c]([Tl])cccc2s1. The minimum absolute atomic E-state index is 0.0403. The molecule has 0 unspecified atom stereocenters. The summed E-state index contributed by atoms with van der Waals surface area (Å²) in [5, 5.41) is 7.38. The van der Waals surface area contributed by atoms with Crippen molar-refractivity contribution < 1.29 is 4.79 Å². The van der Waals surface area contributed by atoms with Crippen molar-refractivity contribution in [3.8, 4) is 0 Å². The summed E-state index contributed by atoms with van der Waals surface area (Å²) >= 11 is 2.38. The Morgan fingerprint density at radius 1 is 1.39 bits per heavy atom. The summed E-state index contributed by atoms with van der Waals surface area (Å²) in [5.74, 6) is 0.0403. The molecule has 1 aromatic carbocycles. The molecule has 3 nitrogen and oxygen atoms in total. The van der Waals surface area contributed by atoms with E-state index >= 15 is 0 Å². The molecule has 0 saturated heterocycles. The van der Waals surface area contributed by atoms with Crippen LogP contribution in [0, 0.1) is 0 Å². The quantitative estimate of drug-likeness (QED) is 0.527. The minimum atomic E-state index is 0.0403. The van der Waals surface area contributed by atoms with Crippen LogP contribution < -0.4 is 13.8 Å². The van der Waals surface area contributed by atoms with E-state index in [1.807, 2.05) is 6.07 Å². The molecule has 92 valence electrons. The normalized spacial score (nSPS) is 10.7. The molecule has 0 atom stereocenters. The van der Waals surface area contributed by atoms with Gasteiger partial charge in [0.25, 0.3) is 0 Å². The summed E-state index contributed by atoms with van der Waals surface area (Å²) < 4.78 is 2.60. The second-order valence-corrected chi connectivity index (χ2v) is 7.48. The zero-order chi connectivity index (χ0) is 13.0. The average Bonchev–Trinajstić information content (AvgIpc) is 2.80. The first kappa shape index (κ1) is 14.0. The van der Waals surface area contributed by atoms with Gasteiger partial charge in [0.15, 0.2) is 0 Å². The molecule has 0 saturated carbocycles. The van der Waals surface area contributed by atoms with E-state index in [9.17, 15) is 4.79 Å². The third-order valence-corrected chi connectivity index (χ3v) is 5.71. The monoisotopic (exact) mass is 452 g/mol. The van der Waals surface area contributed by atoms with Gasteiger partial charge in [-0.15, -0.1) is 0 Å². The molecular weight excluding hydrogens is 437 g/mol. The van der Waals surface area contributed by atoms with E-state index in [4.69, 9.17) is 0 Å². The Labute approximate surface area is 127 Å². The number of thiophene rings is 1. The molecule has 5 heteroatoms. The summed E-state index contributed by atoms with van der Waals surface area (Å²) in [6.07, 6.45) is 0. The van der Waals surface area contributed by atoms with Crippen LogP contribution >= 0.6 is 11.3 Å². The number of fused-ring (bicyclic) bond motifs is 1. The Morgan fingerprint density at radius 3 is 2.94 bits per heavy atom. The van der Waals surface area contributed by atoms with Crippen LogP contribution in [0.5, 0.6) is 0 Å². The van der Waals surface area contributed by atoms with Gasteiger partial charge in [0.1, 0.15) is 0 Å². The number of hydrogen-bond acceptors (Lipinski definition) is 3. The molecule has 0 aliphatic rings. The Bertz CT molecular complexity index is 553. The first-order valence-electron chi connectivity index (χ1n) is 5.99. The molecule has 2 N–H and O–H groups in total. The van der Waals surface area contributed by atoms with Gasteiger partial charge in [-0.3, -0.25) is 0 Å². The third-order valence-electron chi connectivity index (χ3n) is 2.66. The third kappa shape index (κ3) is 3.30. The summed E-state index contributed by atoms with van der Waals surface area (Å²) in [6.45, 7) is 4.49. The number of benzene rings is 1. The molecule has 1 amide bonds. The molecule has 0 fully saturated rings. The first-order valence-corrected chi connectivity index (χ1v) is 9.05. The van der Waals surface area contributed by atoms with Crippen molar-refractivity contribution >= 4 is 56.2 Å². The number of rotatable bonds is 5. The number of carbonyl (C=O) groups excluding carboxylic acids is 1. The molecule has 0 aliphatic carbocycles. The van der Waals surface area contributed by atoms with Gasteiger partial charge in [-0.2, -0.15) is 0 Å². The van der Waals surface area contributed by atoms with Gasteiger partial charge < -0.3 is 0 Å². The Hall–Kier alpha value is -0.468. The Balaban J connectivity index is 2.06. The summed E-state index contributed by atoms with van der Waals surface area (Å²) in [6, 6.07) is 8.33. The molecule has 0 bridgehead atoms. The van der Waals surface area contributed by atoms with E-state index in [2.05, 4.69) is 35.8 Å². The molecule has 0 aliphatic heterocycles. The Kier molecular flexibility index (Phi) is 5.14. The van der Waals surface area contributed by atoms with E-state index in [0.717, 1.165) is 43.7 Å². The van der Waals surface area contributed by atoms with Crippen molar-refractivity contribution in [2.45, 2.75) is 6.92 Å². The fraction of sp³-hybridized carbons (Fsp3) is 0.308. The number of hydrogen-bond donors (Lipinski definition) is 2. The van der Waals surface area contributed by atoms with Crippen LogP contribution in [0.25, 0.3) is 10.1 Å². The molecule has 1 aromatic heterocycles. The van der Waals surface area contributed by atoms with Crippen LogP contribution in [-0.2, 0) is 0 Å². The molecule has 1 heterocycles. The van der Waals surface area contributed by atoms with Gasteiger partial charge in [0.2, 0.25) is 0 Å². The maximum atomic E-state index is 12.0. The van der Waals surface area contributed by atoms with E-state index in [-0.39, 0.29) is 5.91 Å². The number of nitrogens with one attached hydrogen (secondary N) is 2. The van der Waals surface area contributed by atoms with Crippen molar-refractivity contribution in [1.82, 2.24) is 10.6 Å². The fourth-order valence-corrected chi connectivity index (χ4v) is 4.50. The van der Waals surface area contributed by atoms with Gasteiger partial charge in [-0.05, 0) is 0 Å². The zero-order valence-corrected chi connectivity index (χ0v) is 15.6. The zero-order valence-electron chi connectivity index (χ0n) is 10.3. The number of likely N-dealkylation sites (N-methyl/N-ethyl adjacent to an activating group) is 1. The van der Waals surface area contributed by atoms with Crippen LogP contribution in [-0.4, -0.2) is 51.3 Å². The van der Waals surface area contributed by atoms with E-state index < -0.39 is 0 Å². The second-order valence-electron chi connectivity index (χ2n) is 3.98. The summed E-state index contributed by atoms with van der Waals surface area (Å²) in [4.78, 5) is 12.8. The predicted molar refractivity (Wildman–Crippen MR) is 78.1 cm³/mol. The average molecular weight is 452 g/mol. The second kappa shape index (κ2) is 6.63. The van der Waals surface area contributed by atoms with Gasteiger partial charge in [-0.25, -0.2) is 0 Å². The Morgan fingerprint density at radius 2 is 2.22 bits per heavy atom. The van der Waals surface area contributed by atoms with Crippen molar-refractivity contribution in [1.29, 1.82) is 0 Å². The van der Waals surface area contributed by atoms with Gasteiger partial charge in [0, 0.05) is 0 Å². The van der Waals surface area contributed by atoms with E-state index in [1.165, 1.54) is 13.2 Å². The summed E-state index contributed by atoms with van der Waals surface area (Å²) in [5.41, 5.74) is 0. The van der Waals surface area contributed by atoms with Crippen molar-refractivity contribution in [2.75, 3.05) is 19.6 Å². The molecule has 2 rings (SSSR count). The standard InChI is InChI=1S/C13H15N2OS.Tl/c1-2-14-7-8-15-13(16)12-9-10-5-3-4-6-11(10)17-12;/h3-4,6,9,14H,2,7-8H2,1H3,(H,15,16);. The van der Waals surface area contributed by atoms with Gasteiger partial charge >= 0.3 is 127 Å². The van der Waals surface area contributed by atoms with E-state index in [1.54, 1.807) is 11.3 Å². The molecule has 18 heavy (non-hydrogen) atoms. The van der Waals surface area contributed by atoms with Crippen LogP contribution in [0.1, 0.15) is 16.6 Å². The fourth-order valence-electron chi connectivity index (χ4n) is 1.72. The van der Waals surface area contributed by atoms with Crippen molar-refractivity contribution in [2.24, 2.45) is 0 Å². The van der Waals surface area contributed by atoms with Crippen LogP contribution in [0.15, 0.2) is 24.3 Å². The van der Waals surface area contributed by atoms with Crippen LogP contribution in [0.4, 0.5) is 0 Å². The predicted octanol–water partition coefficient (Wildman–Crippen LogP) is 1.03. The van der Waals surface area contributed by atoms with Crippen molar-refractivity contribution in [3.63, 3.8) is 0 Å². The van der Waals surface area contributed by atoms with E-state index in [0.29, 0.717) is 6.54 Å².